The summed E-state index contributed by atoms with van der Waals surface area (Å²) in [6, 6.07) is 7.02. The molecule has 1 aromatic rings. The zero-order valence-electron chi connectivity index (χ0n) is 16.9. The van der Waals surface area contributed by atoms with Crippen molar-refractivity contribution in [2.75, 3.05) is 39.3 Å². The number of carbonyl (C=O) groups excluding carboxylic acids is 2. The first-order chi connectivity index (χ1) is 13.0. The first-order valence-corrected chi connectivity index (χ1v) is 10.9. The van der Waals surface area contributed by atoms with Gasteiger partial charge in [0.15, 0.2) is 6.54 Å². The van der Waals surface area contributed by atoms with Crippen LogP contribution in [0.5, 0.6) is 0 Å². The van der Waals surface area contributed by atoms with Gasteiger partial charge in [0.25, 0.3) is 5.91 Å². The number of amides is 2. The van der Waals surface area contributed by atoms with Crippen LogP contribution in [0.3, 0.4) is 0 Å². The largest absolute Gasteiger partial charge is 0.450 e. The maximum atomic E-state index is 12.9. The number of nitrogens with one attached hydrogen (secondary N) is 2. The second kappa shape index (κ2) is 9.02. The maximum absolute atomic E-state index is 12.9. The highest BCUT2D eigenvalue weighted by molar-refractivity contribution is 7.89. The predicted octanol–water partition coefficient (Wildman–Crippen LogP) is 0.146. The molecule has 1 aliphatic heterocycles. The minimum absolute atomic E-state index is 0.0403. The number of benzene rings is 1. The molecule has 28 heavy (non-hydrogen) atoms. The molecule has 0 atom stereocenters. The van der Waals surface area contributed by atoms with E-state index in [-0.39, 0.29) is 23.5 Å². The lowest BCUT2D eigenvalue weighted by atomic mass is 9.87. The molecular weight excluding hydrogens is 382 g/mol. The zero-order valence-corrected chi connectivity index (χ0v) is 17.8. The summed E-state index contributed by atoms with van der Waals surface area (Å²) < 4.78 is 31.9. The number of alkyl carbamates (subject to hydrolysis) is 1. The van der Waals surface area contributed by atoms with Crippen LogP contribution in [0.15, 0.2) is 29.2 Å². The van der Waals surface area contributed by atoms with Gasteiger partial charge in [-0.15, -0.1) is 0 Å². The van der Waals surface area contributed by atoms with E-state index in [1.807, 2.05) is 12.1 Å². The molecule has 2 N–H and O–H groups in total. The Morgan fingerprint density at radius 2 is 1.71 bits per heavy atom. The van der Waals surface area contributed by atoms with Crippen molar-refractivity contribution >= 4 is 22.0 Å². The van der Waals surface area contributed by atoms with E-state index < -0.39 is 22.0 Å². The summed E-state index contributed by atoms with van der Waals surface area (Å²) in [5.74, 6) is -0.428. The van der Waals surface area contributed by atoms with E-state index in [0.29, 0.717) is 26.2 Å². The molecule has 8 nitrogen and oxygen atoms in total. The lowest BCUT2D eigenvalue weighted by Crippen LogP contribution is -3.15. The van der Waals surface area contributed by atoms with E-state index in [0.717, 1.165) is 10.5 Å². The second-order valence-corrected chi connectivity index (χ2v) is 9.81. The quantitative estimate of drug-likeness (QED) is 0.717. The highest BCUT2D eigenvalue weighted by Crippen LogP contribution is 2.24. The first kappa shape index (κ1) is 22.3. The number of nitrogens with zero attached hydrogens (tertiary/aromatic N) is 1. The molecule has 156 valence electrons. The van der Waals surface area contributed by atoms with Crippen molar-refractivity contribution in [3.05, 3.63) is 29.8 Å². The van der Waals surface area contributed by atoms with E-state index in [1.54, 1.807) is 19.1 Å². The highest BCUT2D eigenvalue weighted by Gasteiger charge is 2.31. The molecule has 0 aromatic heterocycles. The van der Waals surface area contributed by atoms with Crippen molar-refractivity contribution in [2.24, 2.45) is 0 Å². The van der Waals surface area contributed by atoms with Gasteiger partial charge in [0.1, 0.15) is 0 Å². The zero-order chi connectivity index (χ0) is 20.9. The smallest absolute Gasteiger partial charge is 0.414 e. The van der Waals surface area contributed by atoms with Gasteiger partial charge < -0.3 is 9.64 Å². The fourth-order valence-corrected chi connectivity index (χ4v) is 4.49. The van der Waals surface area contributed by atoms with Crippen LogP contribution in [0.4, 0.5) is 4.79 Å². The number of hydrogen-bond acceptors (Lipinski definition) is 5. The summed E-state index contributed by atoms with van der Waals surface area (Å²) in [6.45, 7) is 9.84. The summed E-state index contributed by atoms with van der Waals surface area (Å²) in [6.07, 6.45) is -0.758. The number of carbonyl (C=O) groups is 2. The van der Waals surface area contributed by atoms with Gasteiger partial charge in [-0.1, -0.05) is 32.9 Å². The number of imide groups is 1. The topological polar surface area (TPSA) is 97.2 Å². The van der Waals surface area contributed by atoms with E-state index in [1.165, 1.54) is 4.31 Å². The monoisotopic (exact) mass is 412 g/mol. The first-order valence-electron chi connectivity index (χ1n) is 9.45. The van der Waals surface area contributed by atoms with E-state index in [4.69, 9.17) is 0 Å². The summed E-state index contributed by atoms with van der Waals surface area (Å²) in [4.78, 5) is 24.3. The number of sulfonamides is 1. The summed E-state index contributed by atoms with van der Waals surface area (Å²) in [5.41, 5.74) is 1.04. The number of piperazine rings is 1. The molecule has 1 saturated heterocycles. The van der Waals surface area contributed by atoms with Gasteiger partial charge in [-0.05, 0) is 30.0 Å². The molecule has 0 aliphatic carbocycles. The molecular formula is C19H30N3O5S+. The van der Waals surface area contributed by atoms with Crippen LogP contribution in [0.25, 0.3) is 0 Å². The molecule has 1 heterocycles. The molecule has 2 rings (SSSR count). The van der Waals surface area contributed by atoms with Crippen LogP contribution in [0.1, 0.15) is 33.3 Å². The Labute approximate surface area is 166 Å². The minimum Gasteiger partial charge on any atom is -0.450 e. The number of ether oxygens (including phenoxy) is 1. The lowest BCUT2D eigenvalue weighted by Gasteiger charge is -2.31. The predicted molar refractivity (Wildman–Crippen MR) is 105 cm³/mol. The standard InChI is InChI=1S/C19H29N3O5S/c1-5-27-18(24)20-17(23)14-21-10-12-22(13-11-21)28(25,26)16-8-6-15(7-9-16)19(2,3)4/h6-9H,5,10-14H2,1-4H3,(H,20,23,24)/p+1. The van der Waals surface area contributed by atoms with Gasteiger partial charge >= 0.3 is 6.09 Å². The summed E-state index contributed by atoms with van der Waals surface area (Å²) >= 11 is 0. The van der Waals surface area contributed by atoms with E-state index in [9.17, 15) is 18.0 Å². The molecule has 1 fully saturated rings. The van der Waals surface area contributed by atoms with Gasteiger partial charge in [0.05, 0.1) is 37.7 Å². The molecule has 0 saturated carbocycles. The van der Waals surface area contributed by atoms with Crippen LogP contribution >= 0.6 is 0 Å². The fourth-order valence-electron chi connectivity index (χ4n) is 3.05. The molecule has 0 bridgehead atoms. The van der Waals surface area contributed by atoms with Crippen molar-refractivity contribution < 1.29 is 27.6 Å². The Kier molecular flexibility index (Phi) is 7.19. The van der Waals surface area contributed by atoms with Gasteiger partial charge in [0.2, 0.25) is 10.0 Å². The van der Waals surface area contributed by atoms with Gasteiger partial charge in [-0.25, -0.2) is 13.2 Å². The Balaban J connectivity index is 1.93. The Hall–Kier alpha value is -1.97. The third-order valence-electron chi connectivity index (χ3n) is 4.72. The SMILES string of the molecule is CCOC(=O)NC(=O)C[NH+]1CCN(S(=O)(=O)c2ccc(C(C)(C)C)cc2)CC1. The van der Waals surface area contributed by atoms with Crippen LogP contribution < -0.4 is 10.2 Å². The van der Waals surface area contributed by atoms with Crippen LogP contribution in [0, 0.1) is 0 Å². The normalized spacial score (nSPS) is 16.6. The van der Waals surface area contributed by atoms with Crippen molar-refractivity contribution in [1.29, 1.82) is 0 Å². The van der Waals surface area contributed by atoms with Crippen molar-refractivity contribution in [3.63, 3.8) is 0 Å². The van der Waals surface area contributed by atoms with Gasteiger partial charge in [-0.2, -0.15) is 4.31 Å². The van der Waals surface area contributed by atoms with Crippen LogP contribution in [-0.2, 0) is 25.0 Å². The molecule has 0 unspecified atom stereocenters. The molecule has 9 heteroatoms. The Morgan fingerprint density at radius 3 is 2.21 bits per heavy atom. The van der Waals surface area contributed by atoms with Crippen molar-refractivity contribution in [1.82, 2.24) is 9.62 Å². The third-order valence-corrected chi connectivity index (χ3v) is 6.63. The Morgan fingerprint density at radius 1 is 1.14 bits per heavy atom. The fraction of sp³-hybridized carbons (Fsp3) is 0.579. The molecule has 2 amide bonds. The highest BCUT2D eigenvalue weighted by atomic mass is 32.2. The lowest BCUT2D eigenvalue weighted by molar-refractivity contribution is -0.895. The van der Waals surface area contributed by atoms with Crippen molar-refractivity contribution in [2.45, 2.75) is 38.0 Å². The Bertz CT molecular complexity index is 792. The van der Waals surface area contributed by atoms with Gasteiger partial charge in [-0.3, -0.25) is 10.1 Å². The molecule has 1 aliphatic rings. The van der Waals surface area contributed by atoms with Crippen LogP contribution in [0.2, 0.25) is 0 Å². The summed E-state index contributed by atoms with van der Waals surface area (Å²) in [7, 11) is -3.56. The summed E-state index contributed by atoms with van der Waals surface area (Å²) in [5, 5.41) is 2.16. The minimum atomic E-state index is -3.56. The molecule has 0 radical (unpaired) electrons. The van der Waals surface area contributed by atoms with Crippen molar-refractivity contribution in [3.8, 4) is 0 Å². The van der Waals surface area contributed by atoms with Crippen LogP contribution in [-0.4, -0.2) is 64.1 Å². The van der Waals surface area contributed by atoms with Gasteiger partial charge in [0, 0.05) is 0 Å². The number of quaternary nitrogens is 1. The van der Waals surface area contributed by atoms with E-state index >= 15 is 0 Å². The third kappa shape index (κ3) is 5.76. The number of rotatable bonds is 5. The second-order valence-electron chi connectivity index (χ2n) is 7.87. The average Bonchev–Trinajstić information content (AvgIpc) is 2.61. The number of hydrogen-bond donors (Lipinski definition) is 2. The average molecular weight is 413 g/mol. The molecule has 1 aromatic carbocycles. The maximum Gasteiger partial charge on any atom is 0.414 e. The molecule has 0 spiro atoms. The van der Waals surface area contributed by atoms with E-state index in [2.05, 4.69) is 30.8 Å².